The van der Waals surface area contributed by atoms with Crippen molar-refractivity contribution in [2.24, 2.45) is 0 Å². The van der Waals surface area contributed by atoms with Crippen molar-refractivity contribution in [3.63, 3.8) is 0 Å². The monoisotopic (exact) mass is 394 g/mol. The Kier molecular flexibility index (Phi) is 5.04. The molecule has 29 heavy (non-hydrogen) atoms. The minimum atomic E-state index is -0.939. The smallest absolute Gasteiger partial charge is 0.337 e. The molecule has 1 aliphatic heterocycles. The summed E-state index contributed by atoms with van der Waals surface area (Å²) in [4.78, 5) is 18.5. The molecular formula is C23H26N2O4. The van der Waals surface area contributed by atoms with E-state index in [1.165, 1.54) is 5.56 Å². The van der Waals surface area contributed by atoms with E-state index < -0.39 is 5.97 Å². The third kappa shape index (κ3) is 3.17. The van der Waals surface area contributed by atoms with Gasteiger partial charge in [0.15, 0.2) is 11.5 Å². The summed E-state index contributed by atoms with van der Waals surface area (Å²) in [6.45, 7) is 0.994. The van der Waals surface area contributed by atoms with Crippen molar-refractivity contribution in [1.82, 2.24) is 9.88 Å². The summed E-state index contributed by atoms with van der Waals surface area (Å²) in [5.74, 6) is 0.521. The summed E-state index contributed by atoms with van der Waals surface area (Å²) in [6.07, 6.45) is 6.49. The summed E-state index contributed by atoms with van der Waals surface area (Å²) in [5, 5.41) is 9.57. The van der Waals surface area contributed by atoms with E-state index in [0.717, 1.165) is 42.9 Å². The van der Waals surface area contributed by atoms with Gasteiger partial charge >= 0.3 is 5.97 Å². The maximum absolute atomic E-state index is 11.7. The van der Waals surface area contributed by atoms with E-state index in [0.29, 0.717) is 5.69 Å². The maximum Gasteiger partial charge on any atom is 0.337 e. The number of pyridine rings is 1. The predicted octanol–water partition coefficient (Wildman–Crippen LogP) is 3.62. The number of likely N-dealkylation sites (tertiary alicyclic amines) is 1. The fraction of sp³-hybridized carbons (Fsp3) is 0.391. The van der Waals surface area contributed by atoms with Crippen molar-refractivity contribution < 1.29 is 19.4 Å². The quantitative estimate of drug-likeness (QED) is 0.835. The molecule has 6 nitrogen and oxygen atoms in total. The summed E-state index contributed by atoms with van der Waals surface area (Å²) < 4.78 is 11.0. The van der Waals surface area contributed by atoms with Gasteiger partial charge in [-0.3, -0.25) is 4.98 Å². The van der Waals surface area contributed by atoms with E-state index in [2.05, 4.69) is 35.1 Å². The molecule has 1 fully saturated rings. The van der Waals surface area contributed by atoms with E-state index in [-0.39, 0.29) is 17.0 Å². The number of likely N-dealkylation sites (N-methyl/N-ethyl adjacent to an activating group) is 1. The maximum atomic E-state index is 11.7. The van der Waals surface area contributed by atoms with Gasteiger partial charge in [-0.25, -0.2) is 4.79 Å². The summed E-state index contributed by atoms with van der Waals surface area (Å²) in [5.41, 5.74) is 3.06. The molecule has 1 saturated heterocycles. The van der Waals surface area contributed by atoms with Crippen LogP contribution < -0.4 is 9.47 Å². The Labute approximate surface area is 170 Å². The SMILES string of the molecule is COc1ccc([C@@]23CC=C(c4ncccc4C(=O)O)C[C@@H]2N(C)CC3)cc1OC. The van der Waals surface area contributed by atoms with Crippen LogP contribution in [0.2, 0.25) is 0 Å². The highest BCUT2D eigenvalue weighted by molar-refractivity contribution is 5.93. The molecule has 2 aromatic rings. The second-order valence-corrected chi connectivity index (χ2v) is 7.81. The normalized spacial score (nSPS) is 24.0. The number of aromatic carboxylic acids is 1. The van der Waals surface area contributed by atoms with Gasteiger partial charge in [0.05, 0.1) is 25.5 Å². The Morgan fingerprint density at radius 2 is 2.03 bits per heavy atom. The number of allylic oxidation sites excluding steroid dienone is 1. The van der Waals surface area contributed by atoms with Crippen LogP contribution in [0.25, 0.3) is 5.57 Å². The van der Waals surface area contributed by atoms with E-state index in [1.807, 2.05) is 6.07 Å². The molecule has 0 unspecified atom stereocenters. The topological polar surface area (TPSA) is 71.9 Å². The first-order valence-electron chi connectivity index (χ1n) is 9.80. The fourth-order valence-electron chi connectivity index (χ4n) is 4.93. The average Bonchev–Trinajstić information content (AvgIpc) is 3.10. The molecule has 4 rings (SSSR count). The van der Waals surface area contributed by atoms with Crippen molar-refractivity contribution in [3.05, 3.63) is 59.4 Å². The third-order valence-corrected chi connectivity index (χ3v) is 6.51. The molecule has 2 atom stereocenters. The number of benzene rings is 1. The molecule has 0 bridgehead atoms. The van der Waals surface area contributed by atoms with Gasteiger partial charge in [-0.2, -0.15) is 0 Å². The molecule has 152 valence electrons. The van der Waals surface area contributed by atoms with Crippen molar-refractivity contribution in [2.75, 3.05) is 27.8 Å². The van der Waals surface area contributed by atoms with Crippen LogP contribution in [0.3, 0.4) is 0 Å². The van der Waals surface area contributed by atoms with Gasteiger partial charge in [0, 0.05) is 17.7 Å². The molecule has 1 aromatic heterocycles. The Morgan fingerprint density at radius 1 is 1.24 bits per heavy atom. The Balaban J connectivity index is 1.76. The van der Waals surface area contributed by atoms with Crippen LogP contribution >= 0.6 is 0 Å². The Morgan fingerprint density at radius 3 is 2.76 bits per heavy atom. The number of carbonyl (C=O) groups is 1. The lowest BCUT2D eigenvalue weighted by atomic mass is 9.66. The molecule has 1 N–H and O–H groups in total. The summed E-state index contributed by atoms with van der Waals surface area (Å²) in [7, 11) is 5.45. The summed E-state index contributed by atoms with van der Waals surface area (Å²) in [6, 6.07) is 9.76. The van der Waals surface area contributed by atoms with Crippen LogP contribution in [0.5, 0.6) is 11.5 Å². The molecule has 0 radical (unpaired) electrons. The molecule has 6 heteroatoms. The largest absolute Gasteiger partial charge is 0.493 e. The summed E-state index contributed by atoms with van der Waals surface area (Å²) >= 11 is 0. The lowest BCUT2D eigenvalue weighted by Gasteiger charge is -2.41. The highest BCUT2D eigenvalue weighted by Gasteiger charge is 2.49. The number of rotatable bonds is 5. The zero-order valence-electron chi connectivity index (χ0n) is 17.0. The van der Waals surface area contributed by atoms with Crippen LogP contribution in [-0.2, 0) is 5.41 Å². The van der Waals surface area contributed by atoms with Gasteiger partial charge in [0.1, 0.15) is 0 Å². The first kappa shape index (κ1) is 19.5. The number of hydrogen-bond donors (Lipinski definition) is 1. The van der Waals surface area contributed by atoms with Gasteiger partial charge in [-0.05, 0) is 68.3 Å². The standard InChI is InChI=1S/C23H26N2O4/c1-25-12-10-23(16-6-7-18(28-2)19(14-16)29-3)9-8-15(13-20(23)25)21-17(22(26)27)5-4-11-24-21/h4-8,11,14,20H,9-10,12-13H2,1-3H3,(H,26,27)/t20-,23-/m0/s1. The number of carboxylic acids is 1. The highest BCUT2D eigenvalue weighted by Crippen LogP contribution is 2.50. The molecule has 0 amide bonds. The lowest BCUT2D eigenvalue weighted by molar-refractivity contribution is 0.0696. The van der Waals surface area contributed by atoms with Gasteiger partial charge in [0.25, 0.3) is 0 Å². The minimum Gasteiger partial charge on any atom is -0.493 e. The highest BCUT2D eigenvalue weighted by atomic mass is 16.5. The number of aromatic nitrogens is 1. The molecular weight excluding hydrogens is 368 g/mol. The van der Waals surface area contributed by atoms with E-state index in [9.17, 15) is 9.90 Å². The zero-order chi connectivity index (χ0) is 20.6. The van der Waals surface area contributed by atoms with Crippen molar-refractivity contribution in [1.29, 1.82) is 0 Å². The van der Waals surface area contributed by atoms with Crippen LogP contribution in [-0.4, -0.2) is 54.8 Å². The van der Waals surface area contributed by atoms with E-state index in [1.54, 1.807) is 32.5 Å². The van der Waals surface area contributed by atoms with Gasteiger partial charge in [0.2, 0.25) is 0 Å². The first-order chi connectivity index (χ1) is 14.0. The van der Waals surface area contributed by atoms with Crippen LogP contribution in [0.4, 0.5) is 0 Å². The van der Waals surface area contributed by atoms with Crippen molar-refractivity contribution in [3.8, 4) is 11.5 Å². The minimum absolute atomic E-state index is 0.0318. The van der Waals surface area contributed by atoms with Crippen LogP contribution in [0.1, 0.15) is 40.9 Å². The second kappa shape index (κ2) is 7.52. The Bertz CT molecular complexity index is 971. The van der Waals surface area contributed by atoms with Gasteiger partial charge in [-0.1, -0.05) is 12.1 Å². The van der Waals surface area contributed by atoms with Crippen LogP contribution in [0, 0.1) is 0 Å². The van der Waals surface area contributed by atoms with Crippen molar-refractivity contribution >= 4 is 11.5 Å². The average molecular weight is 394 g/mol. The van der Waals surface area contributed by atoms with Gasteiger partial charge in [-0.15, -0.1) is 0 Å². The number of carboxylic acid groups (broad SMARTS) is 1. The first-order valence-corrected chi connectivity index (χ1v) is 9.80. The molecule has 1 aromatic carbocycles. The molecule has 1 aliphatic carbocycles. The number of fused-ring (bicyclic) bond motifs is 1. The van der Waals surface area contributed by atoms with E-state index >= 15 is 0 Å². The van der Waals surface area contributed by atoms with Gasteiger partial charge < -0.3 is 19.5 Å². The lowest BCUT2D eigenvalue weighted by Crippen LogP contribution is -2.43. The molecule has 2 heterocycles. The molecule has 2 aliphatic rings. The number of hydrogen-bond acceptors (Lipinski definition) is 5. The number of methoxy groups -OCH3 is 2. The fourth-order valence-corrected chi connectivity index (χ4v) is 4.93. The van der Waals surface area contributed by atoms with Crippen molar-refractivity contribution in [2.45, 2.75) is 30.7 Å². The molecule has 0 spiro atoms. The predicted molar refractivity (Wildman–Crippen MR) is 111 cm³/mol. The number of ether oxygens (including phenoxy) is 2. The second-order valence-electron chi connectivity index (χ2n) is 7.81. The Hall–Kier alpha value is -2.86. The van der Waals surface area contributed by atoms with E-state index in [4.69, 9.17) is 9.47 Å². The zero-order valence-corrected chi connectivity index (χ0v) is 17.0. The molecule has 0 saturated carbocycles. The number of nitrogens with zero attached hydrogens (tertiary/aromatic N) is 2. The third-order valence-electron chi connectivity index (χ3n) is 6.51. The van der Waals surface area contributed by atoms with Crippen LogP contribution in [0.15, 0.2) is 42.6 Å².